The largest absolute Gasteiger partial charge is 0.444 e. The monoisotopic (exact) mass is 419 g/mol. The number of amides is 1. The number of nitrogens with zero attached hydrogens (tertiary/aromatic N) is 3. The van der Waals surface area contributed by atoms with Crippen molar-refractivity contribution in [2.24, 2.45) is 0 Å². The van der Waals surface area contributed by atoms with Gasteiger partial charge < -0.3 is 15.1 Å². The summed E-state index contributed by atoms with van der Waals surface area (Å²) < 4.78 is 20.3. The Hall–Kier alpha value is -2.71. The highest BCUT2D eigenvalue weighted by Crippen LogP contribution is 2.27. The van der Waals surface area contributed by atoms with Crippen molar-refractivity contribution in [2.75, 3.05) is 19.6 Å². The van der Waals surface area contributed by atoms with E-state index in [1.807, 2.05) is 12.3 Å². The summed E-state index contributed by atoms with van der Waals surface area (Å²) in [6, 6.07) is 7.82. The van der Waals surface area contributed by atoms with Crippen molar-refractivity contribution in [1.82, 2.24) is 25.4 Å². The van der Waals surface area contributed by atoms with Crippen LogP contribution in [0.2, 0.25) is 0 Å². The smallest absolute Gasteiger partial charge is 0.248 e. The number of nitrogens with one attached hydrogen (secondary N) is 2. The highest BCUT2D eigenvalue weighted by atomic mass is 35.5. The molecular formula is C20H23ClFN5O2. The maximum atomic E-state index is 13.0. The third-order valence-corrected chi connectivity index (χ3v) is 5.11. The van der Waals surface area contributed by atoms with E-state index >= 15 is 0 Å². The molecule has 0 bridgehead atoms. The topological polar surface area (TPSA) is 85.0 Å². The Morgan fingerprint density at radius 3 is 2.72 bits per heavy atom. The Balaban J connectivity index is 0.00000240. The average molecular weight is 420 g/mol. The van der Waals surface area contributed by atoms with Crippen molar-refractivity contribution >= 4 is 18.3 Å². The van der Waals surface area contributed by atoms with Crippen LogP contribution < -0.4 is 10.6 Å². The highest BCUT2D eigenvalue weighted by molar-refractivity contribution is 5.85. The van der Waals surface area contributed by atoms with E-state index < -0.39 is 5.54 Å². The second-order valence-corrected chi connectivity index (χ2v) is 6.89. The summed E-state index contributed by atoms with van der Waals surface area (Å²) in [7, 11) is 0. The van der Waals surface area contributed by atoms with Gasteiger partial charge >= 0.3 is 0 Å². The van der Waals surface area contributed by atoms with E-state index in [1.165, 1.54) is 12.1 Å². The molecule has 1 aliphatic heterocycles. The molecule has 0 unspecified atom stereocenters. The zero-order chi connectivity index (χ0) is 19.4. The molecule has 1 amide bonds. The first-order valence-electron chi connectivity index (χ1n) is 9.37. The van der Waals surface area contributed by atoms with Gasteiger partial charge in [-0.05, 0) is 56.3 Å². The summed E-state index contributed by atoms with van der Waals surface area (Å²) in [4.78, 5) is 17.4. The average Bonchev–Trinajstić information content (AvgIpc) is 3.42. The van der Waals surface area contributed by atoms with Crippen LogP contribution in [0, 0.1) is 5.82 Å². The highest BCUT2D eigenvalue weighted by Gasteiger charge is 2.41. The molecule has 7 nitrogen and oxygen atoms in total. The number of piperidine rings is 1. The molecular weight excluding hydrogens is 397 g/mol. The first kappa shape index (κ1) is 21.0. The number of hydrogen-bond donors (Lipinski definition) is 2. The molecule has 1 fully saturated rings. The SMILES string of the molecule is Cl.O=C(NCCc1coc(-c2ccc(F)cc2)n1)C1(n2cccn2)CCNCC1. The minimum Gasteiger partial charge on any atom is -0.444 e. The number of rotatable bonds is 6. The van der Waals surface area contributed by atoms with Crippen molar-refractivity contribution in [2.45, 2.75) is 24.8 Å². The van der Waals surface area contributed by atoms with Gasteiger partial charge in [0.05, 0.1) is 5.69 Å². The number of benzene rings is 1. The van der Waals surface area contributed by atoms with Crippen LogP contribution in [0.25, 0.3) is 11.5 Å². The zero-order valence-corrected chi connectivity index (χ0v) is 16.6. The van der Waals surface area contributed by atoms with Crippen LogP contribution in [-0.4, -0.2) is 40.3 Å². The van der Waals surface area contributed by atoms with Crippen LogP contribution in [0.15, 0.2) is 53.4 Å². The Labute approximate surface area is 174 Å². The number of aromatic nitrogens is 3. The fourth-order valence-corrected chi connectivity index (χ4v) is 3.54. The lowest BCUT2D eigenvalue weighted by Crippen LogP contribution is -2.54. The van der Waals surface area contributed by atoms with Crippen molar-refractivity contribution < 1.29 is 13.6 Å². The van der Waals surface area contributed by atoms with Crippen molar-refractivity contribution in [1.29, 1.82) is 0 Å². The molecule has 2 N–H and O–H groups in total. The van der Waals surface area contributed by atoms with E-state index in [1.54, 1.807) is 29.3 Å². The Kier molecular flexibility index (Phi) is 6.66. The molecule has 2 aromatic heterocycles. The Morgan fingerprint density at radius 1 is 1.28 bits per heavy atom. The third kappa shape index (κ3) is 4.49. The second kappa shape index (κ2) is 9.19. The van der Waals surface area contributed by atoms with Crippen LogP contribution in [0.3, 0.4) is 0 Å². The number of oxazole rings is 1. The van der Waals surface area contributed by atoms with Crippen molar-refractivity contribution in [3.8, 4) is 11.5 Å². The molecule has 0 atom stereocenters. The molecule has 0 aliphatic carbocycles. The minimum absolute atomic E-state index is 0. The number of carbonyl (C=O) groups is 1. The fraction of sp³-hybridized carbons (Fsp3) is 0.350. The first-order valence-corrected chi connectivity index (χ1v) is 9.37. The summed E-state index contributed by atoms with van der Waals surface area (Å²) in [5, 5.41) is 10.6. The maximum absolute atomic E-state index is 13.0. The normalized spacial score (nSPS) is 15.5. The van der Waals surface area contributed by atoms with Crippen LogP contribution in [0.4, 0.5) is 4.39 Å². The lowest BCUT2D eigenvalue weighted by atomic mass is 9.87. The van der Waals surface area contributed by atoms with Gasteiger partial charge in [-0.25, -0.2) is 9.37 Å². The van der Waals surface area contributed by atoms with Crippen LogP contribution in [0.5, 0.6) is 0 Å². The Morgan fingerprint density at radius 2 is 2.03 bits per heavy atom. The molecule has 0 saturated carbocycles. The Bertz CT molecular complexity index is 921. The van der Waals surface area contributed by atoms with Gasteiger partial charge in [-0.1, -0.05) is 0 Å². The molecule has 1 aliphatic rings. The van der Waals surface area contributed by atoms with Gasteiger partial charge in [0.2, 0.25) is 11.8 Å². The minimum atomic E-state index is -0.655. The van der Waals surface area contributed by atoms with Gasteiger partial charge in [0.25, 0.3) is 0 Å². The van der Waals surface area contributed by atoms with Crippen molar-refractivity contribution in [3.05, 3.63) is 60.5 Å². The third-order valence-electron chi connectivity index (χ3n) is 5.11. The first-order chi connectivity index (χ1) is 13.7. The van der Waals surface area contributed by atoms with E-state index in [9.17, 15) is 9.18 Å². The van der Waals surface area contributed by atoms with Gasteiger partial charge in [-0.3, -0.25) is 9.48 Å². The van der Waals surface area contributed by atoms with E-state index in [0.29, 0.717) is 37.3 Å². The zero-order valence-electron chi connectivity index (χ0n) is 15.8. The number of carbonyl (C=O) groups excluding carboxylic acids is 1. The maximum Gasteiger partial charge on any atom is 0.248 e. The molecule has 29 heavy (non-hydrogen) atoms. The molecule has 1 aromatic carbocycles. The lowest BCUT2D eigenvalue weighted by molar-refractivity contribution is -0.131. The van der Waals surface area contributed by atoms with E-state index in [2.05, 4.69) is 20.7 Å². The molecule has 9 heteroatoms. The molecule has 3 aromatic rings. The van der Waals surface area contributed by atoms with Gasteiger partial charge in [0.1, 0.15) is 17.6 Å². The van der Waals surface area contributed by atoms with Gasteiger partial charge in [-0.15, -0.1) is 12.4 Å². The predicted molar refractivity (Wildman–Crippen MR) is 108 cm³/mol. The van der Waals surface area contributed by atoms with Crippen LogP contribution in [-0.2, 0) is 16.8 Å². The lowest BCUT2D eigenvalue weighted by Gasteiger charge is -2.36. The molecule has 3 heterocycles. The van der Waals surface area contributed by atoms with Gasteiger partial charge in [0.15, 0.2) is 0 Å². The molecule has 0 spiro atoms. The predicted octanol–water partition coefficient (Wildman–Crippen LogP) is 2.54. The van der Waals surface area contributed by atoms with E-state index in [-0.39, 0.29) is 24.1 Å². The summed E-state index contributed by atoms with van der Waals surface area (Å²) in [5.41, 5.74) is 0.791. The number of halogens is 2. The molecule has 154 valence electrons. The second-order valence-electron chi connectivity index (χ2n) is 6.89. The van der Waals surface area contributed by atoms with Crippen molar-refractivity contribution in [3.63, 3.8) is 0 Å². The summed E-state index contributed by atoms with van der Waals surface area (Å²) in [6.07, 6.45) is 7.04. The molecule has 1 saturated heterocycles. The number of hydrogen-bond acceptors (Lipinski definition) is 5. The molecule has 4 rings (SSSR count). The van der Waals surface area contributed by atoms with Crippen LogP contribution in [0.1, 0.15) is 18.5 Å². The van der Waals surface area contributed by atoms with Crippen LogP contribution >= 0.6 is 12.4 Å². The van der Waals surface area contributed by atoms with Gasteiger partial charge in [-0.2, -0.15) is 5.10 Å². The fourth-order valence-electron chi connectivity index (χ4n) is 3.54. The van der Waals surface area contributed by atoms with Gasteiger partial charge in [0, 0.05) is 30.9 Å². The summed E-state index contributed by atoms with van der Waals surface area (Å²) in [6.45, 7) is 2.00. The quantitative estimate of drug-likeness (QED) is 0.641. The summed E-state index contributed by atoms with van der Waals surface area (Å²) in [5.74, 6) is 0.106. The standard InChI is InChI=1S/C20H22FN5O2.ClH/c21-16-4-2-15(3-5-16)18-25-17(14-28-18)6-10-23-19(27)20(7-11-22-12-8-20)26-13-1-9-24-26;/h1-5,9,13-14,22H,6-8,10-12H2,(H,23,27);1H. The van der Waals surface area contributed by atoms with E-state index in [4.69, 9.17) is 4.42 Å². The molecule has 0 radical (unpaired) electrons. The van der Waals surface area contributed by atoms with E-state index in [0.717, 1.165) is 18.8 Å². The summed E-state index contributed by atoms with van der Waals surface area (Å²) >= 11 is 0.